The van der Waals surface area contributed by atoms with Gasteiger partial charge >= 0.3 is 0 Å². The van der Waals surface area contributed by atoms with Crippen LogP contribution in [-0.4, -0.2) is 11.4 Å². The minimum Gasteiger partial charge on any atom is -0.507 e. The Kier molecular flexibility index (Phi) is 2.09. The zero-order valence-electron chi connectivity index (χ0n) is 6.45. The van der Waals surface area contributed by atoms with E-state index < -0.39 is 0 Å². The van der Waals surface area contributed by atoms with Gasteiger partial charge in [0.2, 0.25) is 0 Å². The number of halogens is 1. The summed E-state index contributed by atoms with van der Waals surface area (Å²) in [6.45, 7) is 0. The molecule has 0 saturated carbocycles. The molecule has 1 N–H and O–H groups in total. The van der Waals surface area contributed by atoms with Crippen LogP contribution in [0.15, 0.2) is 22.0 Å². The zero-order chi connectivity index (χ0) is 9.42. The van der Waals surface area contributed by atoms with Crippen LogP contribution in [0.1, 0.15) is 10.4 Å². The number of aromatic hydroxyl groups is 1. The van der Waals surface area contributed by atoms with Gasteiger partial charge in [-0.25, -0.2) is 0 Å². The van der Waals surface area contributed by atoms with E-state index in [1.165, 1.54) is 17.4 Å². The third kappa shape index (κ3) is 1.36. The smallest absolute Gasteiger partial charge is 0.151 e. The lowest BCUT2D eigenvalue weighted by molar-refractivity contribution is 0.112. The summed E-state index contributed by atoms with van der Waals surface area (Å²) in [4.78, 5) is 10.7. The molecule has 0 amide bonds. The molecule has 0 atom stereocenters. The van der Waals surface area contributed by atoms with Crippen LogP contribution in [-0.2, 0) is 0 Å². The molecule has 0 aliphatic heterocycles. The summed E-state index contributed by atoms with van der Waals surface area (Å²) in [6, 6.07) is 4.96. The second-order valence-corrected chi connectivity index (χ2v) is 5.02. The lowest BCUT2D eigenvalue weighted by Crippen LogP contribution is -1.78. The maximum Gasteiger partial charge on any atom is 0.151 e. The highest BCUT2D eigenvalue weighted by molar-refractivity contribution is 9.11. The molecule has 0 bridgehead atoms. The molecule has 2 nitrogen and oxygen atoms in total. The molecular weight excluding hydrogens is 252 g/mol. The van der Waals surface area contributed by atoms with Crippen molar-refractivity contribution in [2.45, 2.75) is 0 Å². The molecule has 2 rings (SSSR count). The van der Waals surface area contributed by atoms with Crippen LogP contribution < -0.4 is 0 Å². The number of carbonyl (C=O) groups is 1. The fourth-order valence-corrected chi connectivity index (χ4v) is 2.79. The number of rotatable bonds is 1. The lowest BCUT2D eigenvalue weighted by Gasteiger charge is -1.95. The van der Waals surface area contributed by atoms with E-state index in [0.29, 0.717) is 5.56 Å². The Labute approximate surface area is 86.9 Å². The monoisotopic (exact) mass is 256 g/mol. The fraction of sp³-hybridized carbons (Fsp3) is 0. The number of fused-ring (bicyclic) bond motifs is 1. The van der Waals surface area contributed by atoms with E-state index in [0.717, 1.165) is 20.2 Å². The van der Waals surface area contributed by atoms with E-state index in [4.69, 9.17) is 0 Å². The summed E-state index contributed by atoms with van der Waals surface area (Å²) in [7, 11) is 0. The number of phenolic OH excluding ortho intramolecular Hbond substituents is 1. The van der Waals surface area contributed by atoms with Gasteiger partial charge in [-0.05, 0) is 34.1 Å². The van der Waals surface area contributed by atoms with Crippen LogP contribution in [0.5, 0.6) is 5.75 Å². The molecule has 1 aromatic carbocycles. The van der Waals surface area contributed by atoms with Gasteiger partial charge in [0.25, 0.3) is 0 Å². The Morgan fingerprint density at radius 3 is 2.92 bits per heavy atom. The van der Waals surface area contributed by atoms with Crippen LogP contribution in [0.2, 0.25) is 0 Å². The van der Waals surface area contributed by atoms with Crippen molar-refractivity contribution >= 4 is 43.6 Å². The predicted octanol–water partition coefficient (Wildman–Crippen LogP) is 3.18. The van der Waals surface area contributed by atoms with Crippen molar-refractivity contribution in [3.8, 4) is 5.75 Å². The van der Waals surface area contributed by atoms with Crippen molar-refractivity contribution in [3.63, 3.8) is 0 Å². The van der Waals surface area contributed by atoms with Crippen LogP contribution in [0.3, 0.4) is 0 Å². The first-order valence-electron chi connectivity index (χ1n) is 3.58. The van der Waals surface area contributed by atoms with Crippen LogP contribution in [0.25, 0.3) is 10.1 Å². The number of thiophene rings is 1. The molecule has 0 aliphatic rings. The minimum absolute atomic E-state index is 0.211. The molecule has 0 spiro atoms. The molecular formula is C9H5BrO2S. The molecule has 0 unspecified atom stereocenters. The first-order valence-corrected chi connectivity index (χ1v) is 5.19. The first-order chi connectivity index (χ1) is 6.22. The van der Waals surface area contributed by atoms with Crippen LogP contribution >= 0.6 is 27.3 Å². The van der Waals surface area contributed by atoms with Crippen molar-refractivity contribution < 1.29 is 9.90 Å². The molecule has 0 radical (unpaired) electrons. The summed E-state index contributed by atoms with van der Waals surface area (Å²) < 4.78 is 1.73. The Hall–Kier alpha value is -0.870. The van der Waals surface area contributed by atoms with Crippen LogP contribution in [0, 0.1) is 0 Å². The lowest BCUT2D eigenvalue weighted by atomic mass is 10.2. The SMILES string of the molecule is O=Cc1ccc(O)c2cc(Br)sc12. The highest BCUT2D eigenvalue weighted by Crippen LogP contribution is 2.36. The van der Waals surface area contributed by atoms with Gasteiger partial charge < -0.3 is 5.11 Å². The fourth-order valence-electron chi connectivity index (χ4n) is 1.19. The Morgan fingerprint density at radius 1 is 1.46 bits per heavy atom. The molecule has 0 aliphatic carbocycles. The predicted molar refractivity (Wildman–Crippen MR) is 56.6 cm³/mol. The van der Waals surface area contributed by atoms with E-state index in [2.05, 4.69) is 15.9 Å². The molecule has 66 valence electrons. The number of phenols is 1. The van der Waals surface area contributed by atoms with Crippen molar-refractivity contribution in [2.75, 3.05) is 0 Å². The van der Waals surface area contributed by atoms with E-state index in [1.807, 2.05) is 6.07 Å². The minimum atomic E-state index is 0.211. The van der Waals surface area contributed by atoms with Gasteiger partial charge in [0.1, 0.15) is 5.75 Å². The Morgan fingerprint density at radius 2 is 2.23 bits per heavy atom. The molecule has 1 aromatic heterocycles. The maximum absolute atomic E-state index is 10.7. The normalized spacial score (nSPS) is 10.5. The van der Waals surface area contributed by atoms with Gasteiger partial charge in [-0.2, -0.15) is 0 Å². The van der Waals surface area contributed by atoms with Gasteiger partial charge in [-0.3, -0.25) is 4.79 Å². The summed E-state index contributed by atoms with van der Waals surface area (Å²) in [5.41, 5.74) is 0.614. The van der Waals surface area contributed by atoms with E-state index in [9.17, 15) is 9.90 Å². The van der Waals surface area contributed by atoms with Crippen LogP contribution in [0.4, 0.5) is 0 Å². The molecule has 4 heteroatoms. The highest BCUT2D eigenvalue weighted by Gasteiger charge is 2.07. The maximum atomic E-state index is 10.7. The van der Waals surface area contributed by atoms with Crippen molar-refractivity contribution in [2.24, 2.45) is 0 Å². The van der Waals surface area contributed by atoms with E-state index >= 15 is 0 Å². The number of hydrogen-bond acceptors (Lipinski definition) is 3. The summed E-state index contributed by atoms with van der Waals surface area (Å²) >= 11 is 4.76. The summed E-state index contributed by atoms with van der Waals surface area (Å²) in [6.07, 6.45) is 0.796. The Bertz CT molecular complexity index is 476. The van der Waals surface area contributed by atoms with Gasteiger partial charge in [0, 0.05) is 15.6 Å². The van der Waals surface area contributed by atoms with Crippen molar-refractivity contribution in [1.29, 1.82) is 0 Å². The standard InChI is InChI=1S/C9H5BrO2S/c10-8-3-6-7(12)2-1-5(4-11)9(6)13-8/h1-4,12H. The topological polar surface area (TPSA) is 37.3 Å². The first kappa shape index (κ1) is 8.72. The number of aldehydes is 1. The molecule has 0 saturated heterocycles. The van der Waals surface area contributed by atoms with Crippen molar-refractivity contribution in [3.05, 3.63) is 27.5 Å². The number of carbonyl (C=O) groups excluding carboxylic acids is 1. The molecule has 2 aromatic rings. The number of hydrogen-bond donors (Lipinski definition) is 1. The van der Waals surface area contributed by atoms with E-state index in [1.54, 1.807) is 6.07 Å². The average Bonchev–Trinajstić information content (AvgIpc) is 2.48. The van der Waals surface area contributed by atoms with Gasteiger partial charge in [-0.15, -0.1) is 11.3 Å². The molecule has 0 fully saturated rings. The average molecular weight is 257 g/mol. The third-order valence-corrected chi connectivity index (χ3v) is 3.47. The Balaban J connectivity index is 2.91. The third-order valence-electron chi connectivity index (χ3n) is 1.79. The van der Waals surface area contributed by atoms with Gasteiger partial charge in [0.15, 0.2) is 6.29 Å². The molecule has 1 heterocycles. The molecule has 13 heavy (non-hydrogen) atoms. The van der Waals surface area contributed by atoms with E-state index in [-0.39, 0.29) is 5.75 Å². The van der Waals surface area contributed by atoms with Gasteiger partial charge in [-0.1, -0.05) is 0 Å². The summed E-state index contributed by atoms with van der Waals surface area (Å²) in [5.74, 6) is 0.211. The summed E-state index contributed by atoms with van der Waals surface area (Å²) in [5, 5.41) is 10.2. The second-order valence-electron chi connectivity index (χ2n) is 2.59. The largest absolute Gasteiger partial charge is 0.507 e. The number of benzene rings is 1. The van der Waals surface area contributed by atoms with Crippen molar-refractivity contribution in [1.82, 2.24) is 0 Å². The zero-order valence-corrected chi connectivity index (χ0v) is 8.85. The second kappa shape index (κ2) is 3.12. The highest BCUT2D eigenvalue weighted by atomic mass is 79.9. The quantitative estimate of drug-likeness (QED) is 0.796. The van der Waals surface area contributed by atoms with Gasteiger partial charge in [0.05, 0.1) is 3.79 Å².